The van der Waals surface area contributed by atoms with E-state index < -0.39 is 11.9 Å². The van der Waals surface area contributed by atoms with Crippen LogP contribution < -0.4 is 16.4 Å². The number of rotatable bonds is 8. The van der Waals surface area contributed by atoms with Crippen molar-refractivity contribution in [2.45, 2.75) is 33.4 Å². The zero-order valence-corrected chi connectivity index (χ0v) is 12.4. The Morgan fingerprint density at radius 2 is 2.05 bits per heavy atom. The van der Waals surface area contributed by atoms with E-state index in [0.717, 1.165) is 0 Å². The molecule has 1 amide bonds. The second-order valence-electron chi connectivity index (χ2n) is 4.71. The maximum absolute atomic E-state index is 11.4. The zero-order chi connectivity index (χ0) is 15.1. The van der Waals surface area contributed by atoms with Gasteiger partial charge in [0.25, 0.3) is 0 Å². The molecule has 0 saturated carbocycles. The molecule has 1 aromatic heterocycles. The first-order chi connectivity index (χ1) is 9.47. The van der Waals surface area contributed by atoms with Crippen molar-refractivity contribution in [3.63, 3.8) is 0 Å². The number of nitrogens with two attached hydrogens (primary N) is 1. The van der Waals surface area contributed by atoms with Crippen molar-refractivity contribution in [2.24, 2.45) is 11.7 Å². The fourth-order valence-corrected chi connectivity index (χ4v) is 1.68. The molecule has 7 nitrogen and oxygen atoms in total. The van der Waals surface area contributed by atoms with Crippen LogP contribution in [0.25, 0.3) is 0 Å². The molecule has 20 heavy (non-hydrogen) atoms. The van der Waals surface area contributed by atoms with E-state index in [1.165, 1.54) is 0 Å². The van der Waals surface area contributed by atoms with Crippen molar-refractivity contribution in [3.05, 3.63) is 11.9 Å². The molecule has 1 rings (SSSR count). The lowest BCUT2D eigenvalue weighted by atomic mass is 10.0. The van der Waals surface area contributed by atoms with Crippen LogP contribution in [0.15, 0.2) is 6.07 Å². The molecule has 1 atom stereocenters. The maximum atomic E-state index is 11.4. The van der Waals surface area contributed by atoms with E-state index in [0.29, 0.717) is 30.7 Å². The quantitative estimate of drug-likeness (QED) is 0.656. The first-order valence-corrected chi connectivity index (χ1v) is 6.67. The fourth-order valence-electron chi connectivity index (χ4n) is 1.68. The van der Waals surface area contributed by atoms with Crippen LogP contribution in [-0.2, 0) is 16.1 Å². The summed E-state index contributed by atoms with van der Waals surface area (Å²) >= 11 is 0. The Balaban J connectivity index is 2.95. The van der Waals surface area contributed by atoms with Gasteiger partial charge in [-0.2, -0.15) is 0 Å². The largest absolute Gasteiger partial charge is 0.374 e. The molecule has 1 unspecified atom stereocenters. The van der Waals surface area contributed by atoms with Gasteiger partial charge >= 0.3 is 0 Å². The molecule has 0 bridgehead atoms. The van der Waals surface area contributed by atoms with Crippen molar-refractivity contribution in [1.29, 1.82) is 0 Å². The predicted octanol–water partition coefficient (Wildman–Crippen LogP) is 0.977. The normalized spacial score (nSPS) is 12.2. The number of hydrogen-bond donors (Lipinski definition) is 3. The lowest BCUT2D eigenvalue weighted by Crippen LogP contribution is -2.39. The van der Waals surface area contributed by atoms with Crippen molar-refractivity contribution < 1.29 is 9.53 Å². The molecule has 0 aliphatic heterocycles. The van der Waals surface area contributed by atoms with E-state index in [1.54, 1.807) is 13.1 Å². The Morgan fingerprint density at radius 1 is 1.40 bits per heavy atom. The fraction of sp³-hybridized carbons (Fsp3) is 0.615. The molecular weight excluding hydrogens is 258 g/mol. The summed E-state index contributed by atoms with van der Waals surface area (Å²) in [4.78, 5) is 20.0. The van der Waals surface area contributed by atoms with Gasteiger partial charge in [-0.3, -0.25) is 4.79 Å². The topological polar surface area (TPSA) is 102 Å². The summed E-state index contributed by atoms with van der Waals surface area (Å²) in [6.07, 6.45) is 0. The monoisotopic (exact) mass is 281 g/mol. The first-order valence-electron chi connectivity index (χ1n) is 6.67. The molecule has 0 spiro atoms. The maximum Gasteiger partial charge on any atom is 0.240 e. The van der Waals surface area contributed by atoms with Gasteiger partial charge in [0.1, 0.15) is 24.3 Å². The second kappa shape index (κ2) is 7.64. The molecule has 4 N–H and O–H groups in total. The third kappa shape index (κ3) is 4.65. The van der Waals surface area contributed by atoms with Gasteiger partial charge in [-0.25, -0.2) is 9.97 Å². The number of carbonyl (C=O) groups excluding carboxylic acids is 1. The molecule has 7 heteroatoms. The minimum Gasteiger partial charge on any atom is -0.374 e. The van der Waals surface area contributed by atoms with E-state index in [1.807, 2.05) is 20.8 Å². The highest BCUT2D eigenvalue weighted by atomic mass is 16.5. The highest BCUT2D eigenvalue weighted by molar-refractivity contribution is 5.83. The average molecular weight is 281 g/mol. The number of nitrogens with one attached hydrogen (secondary N) is 2. The Hall–Kier alpha value is -1.89. The number of anilines is 2. The molecule has 0 fully saturated rings. The van der Waals surface area contributed by atoms with Crippen molar-refractivity contribution in [3.8, 4) is 0 Å². The third-order valence-corrected chi connectivity index (χ3v) is 2.74. The van der Waals surface area contributed by atoms with Gasteiger partial charge in [-0.05, 0) is 12.8 Å². The minimum atomic E-state index is -0.477. The summed E-state index contributed by atoms with van der Waals surface area (Å²) in [5, 5.41) is 6.00. The lowest BCUT2D eigenvalue weighted by Gasteiger charge is -2.20. The number of hydrogen-bond acceptors (Lipinski definition) is 6. The number of nitrogens with zero attached hydrogens (tertiary/aromatic N) is 2. The number of aromatic nitrogens is 2. The molecule has 1 aromatic rings. The van der Waals surface area contributed by atoms with Crippen LogP contribution in [-0.4, -0.2) is 35.6 Å². The van der Waals surface area contributed by atoms with E-state index in [9.17, 15) is 4.79 Å². The third-order valence-electron chi connectivity index (χ3n) is 2.74. The van der Waals surface area contributed by atoms with Crippen LogP contribution >= 0.6 is 0 Å². The Labute approximate surface area is 119 Å². The first kappa shape index (κ1) is 16.2. The molecule has 0 radical (unpaired) electrons. The molecule has 0 aromatic carbocycles. The Bertz CT molecular complexity index is 450. The van der Waals surface area contributed by atoms with Crippen LogP contribution in [0.4, 0.5) is 11.6 Å². The summed E-state index contributed by atoms with van der Waals surface area (Å²) in [5.74, 6) is 1.42. The van der Waals surface area contributed by atoms with E-state index in [-0.39, 0.29) is 5.92 Å². The molecule has 0 aliphatic carbocycles. The number of carbonyl (C=O) groups is 1. The summed E-state index contributed by atoms with van der Waals surface area (Å²) in [6, 6.07) is 1.25. The van der Waals surface area contributed by atoms with Gasteiger partial charge in [0.15, 0.2) is 5.82 Å². The molecule has 0 aliphatic rings. The standard InChI is InChI=1S/C13H23N5O2/c1-5-20-7-11-16-9(15-4)6-10(17-11)18-12(8(2)3)13(14)19/h6,8,12H,5,7H2,1-4H3,(H2,14,19)(H2,15,16,17,18). The van der Waals surface area contributed by atoms with Crippen LogP contribution in [0.1, 0.15) is 26.6 Å². The molecular formula is C13H23N5O2. The number of primary amides is 1. The van der Waals surface area contributed by atoms with Crippen molar-refractivity contribution >= 4 is 17.5 Å². The van der Waals surface area contributed by atoms with Gasteiger partial charge in [-0.15, -0.1) is 0 Å². The second-order valence-corrected chi connectivity index (χ2v) is 4.71. The average Bonchev–Trinajstić information content (AvgIpc) is 2.41. The van der Waals surface area contributed by atoms with Crippen molar-refractivity contribution in [2.75, 3.05) is 24.3 Å². The smallest absolute Gasteiger partial charge is 0.240 e. The van der Waals surface area contributed by atoms with Gasteiger partial charge < -0.3 is 21.1 Å². The molecule has 112 valence electrons. The summed E-state index contributed by atoms with van der Waals surface area (Å²) in [5.41, 5.74) is 5.39. The van der Waals surface area contributed by atoms with Crippen LogP contribution in [0.2, 0.25) is 0 Å². The highest BCUT2D eigenvalue weighted by Gasteiger charge is 2.20. The molecule has 0 saturated heterocycles. The van der Waals surface area contributed by atoms with Gasteiger partial charge in [0.2, 0.25) is 5.91 Å². The number of amides is 1. The van der Waals surface area contributed by atoms with E-state index in [4.69, 9.17) is 10.5 Å². The number of ether oxygens (including phenoxy) is 1. The zero-order valence-electron chi connectivity index (χ0n) is 12.4. The van der Waals surface area contributed by atoms with Crippen LogP contribution in [0, 0.1) is 5.92 Å². The minimum absolute atomic E-state index is 0.0656. The molecule has 1 heterocycles. The van der Waals surface area contributed by atoms with Gasteiger partial charge in [-0.1, -0.05) is 13.8 Å². The summed E-state index contributed by atoms with van der Waals surface area (Å²) < 4.78 is 5.30. The van der Waals surface area contributed by atoms with Crippen molar-refractivity contribution in [1.82, 2.24) is 9.97 Å². The van der Waals surface area contributed by atoms with Gasteiger partial charge in [0.05, 0.1) is 0 Å². The highest BCUT2D eigenvalue weighted by Crippen LogP contribution is 2.15. The van der Waals surface area contributed by atoms with Crippen LogP contribution in [0.5, 0.6) is 0 Å². The Morgan fingerprint density at radius 3 is 2.55 bits per heavy atom. The van der Waals surface area contributed by atoms with E-state index >= 15 is 0 Å². The van der Waals surface area contributed by atoms with E-state index in [2.05, 4.69) is 20.6 Å². The SMILES string of the molecule is CCOCc1nc(NC)cc(NC(C(N)=O)C(C)C)n1. The Kier molecular flexibility index (Phi) is 6.17. The van der Waals surface area contributed by atoms with Gasteiger partial charge in [0, 0.05) is 19.7 Å². The predicted molar refractivity (Wildman–Crippen MR) is 78.4 cm³/mol. The van der Waals surface area contributed by atoms with Crippen LogP contribution in [0.3, 0.4) is 0 Å². The summed E-state index contributed by atoms with van der Waals surface area (Å²) in [7, 11) is 1.77. The lowest BCUT2D eigenvalue weighted by molar-refractivity contribution is -0.119. The summed E-state index contributed by atoms with van der Waals surface area (Å²) in [6.45, 7) is 6.66.